The maximum atomic E-state index is 12.1. The second-order valence-electron chi connectivity index (χ2n) is 6.25. The second kappa shape index (κ2) is 6.36. The molecule has 0 fully saturated rings. The highest BCUT2D eigenvalue weighted by Gasteiger charge is 2.29. The van der Waals surface area contributed by atoms with Crippen LogP contribution in [0.3, 0.4) is 0 Å². The van der Waals surface area contributed by atoms with Crippen molar-refractivity contribution in [2.75, 3.05) is 5.88 Å². The highest BCUT2D eigenvalue weighted by Crippen LogP contribution is 2.24. The molecule has 0 aromatic carbocycles. The van der Waals surface area contributed by atoms with Gasteiger partial charge in [0.05, 0.1) is 15.7 Å². The Morgan fingerprint density at radius 2 is 1.69 bits per heavy atom. The van der Waals surface area contributed by atoms with E-state index in [2.05, 4.69) is 25.5 Å². The van der Waals surface area contributed by atoms with Crippen LogP contribution in [-0.4, -0.2) is 20.9 Å². The highest BCUT2D eigenvalue weighted by atomic mass is 35.5. The Morgan fingerprint density at radius 3 is 2.00 bits per heavy atom. The molecule has 0 heterocycles. The predicted molar refractivity (Wildman–Crippen MR) is 74.2 cm³/mol. The standard InChI is InChI=1S/C12H26ClNOS/c1-11(2,3)10(8-7-9-13)14-16(15)12(4,5)6/h10,14H,7-9H2,1-6H3/t10-,16-/m1/s1. The summed E-state index contributed by atoms with van der Waals surface area (Å²) in [4.78, 5) is 0. The molecule has 1 N–H and O–H groups in total. The van der Waals surface area contributed by atoms with Gasteiger partial charge in [-0.1, -0.05) is 20.8 Å². The van der Waals surface area contributed by atoms with Crippen molar-refractivity contribution in [1.29, 1.82) is 0 Å². The molecule has 0 rings (SSSR count). The summed E-state index contributed by atoms with van der Waals surface area (Å²) in [6.45, 7) is 12.4. The fourth-order valence-corrected chi connectivity index (χ4v) is 2.49. The molecule has 0 bridgehead atoms. The first-order chi connectivity index (χ1) is 7.09. The van der Waals surface area contributed by atoms with Gasteiger partial charge in [0.25, 0.3) is 0 Å². The molecular weight excluding hydrogens is 242 g/mol. The zero-order valence-electron chi connectivity index (χ0n) is 11.4. The average Bonchev–Trinajstić information content (AvgIpc) is 2.08. The van der Waals surface area contributed by atoms with E-state index in [1.165, 1.54) is 0 Å². The smallest absolute Gasteiger partial charge is 0.0972 e. The summed E-state index contributed by atoms with van der Waals surface area (Å²) in [5.41, 5.74) is 0.104. The van der Waals surface area contributed by atoms with Crippen LogP contribution in [0.25, 0.3) is 0 Å². The van der Waals surface area contributed by atoms with E-state index < -0.39 is 11.0 Å². The molecule has 0 aliphatic carbocycles. The molecule has 0 saturated heterocycles. The summed E-state index contributed by atoms with van der Waals surface area (Å²) >= 11 is 5.72. The summed E-state index contributed by atoms with van der Waals surface area (Å²) in [5.74, 6) is 0.663. The molecule has 16 heavy (non-hydrogen) atoms. The number of halogens is 1. The number of hydrogen-bond donors (Lipinski definition) is 1. The lowest BCUT2D eigenvalue weighted by atomic mass is 9.85. The lowest BCUT2D eigenvalue weighted by Crippen LogP contribution is -2.46. The van der Waals surface area contributed by atoms with E-state index in [0.29, 0.717) is 5.88 Å². The Hall–Kier alpha value is 0.400. The van der Waals surface area contributed by atoms with Gasteiger partial charge in [-0.2, -0.15) is 0 Å². The SMILES string of the molecule is CC(C)(C)[C@@H](CCCCl)N[S@](=O)C(C)(C)C. The van der Waals surface area contributed by atoms with Gasteiger partial charge in [0, 0.05) is 11.9 Å². The van der Waals surface area contributed by atoms with Crippen LogP contribution in [-0.2, 0) is 11.0 Å². The molecule has 4 heteroatoms. The number of hydrogen-bond acceptors (Lipinski definition) is 1. The molecule has 0 amide bonds. The number of nitrogens with one attached hydrogen (secondary N) is 1. The molecule has 0 aliphatic rings. The van der Waals surface area contributed by atoms with Gasteiger partial charge in [-0.15, -0.1) is 11.6 Å². The molecular formula is C12H26ClNOS. The Labute approximate surface area is 108 Å². The molecule has 0 aliphatic heterocycles. The van der Waals surface area contributed by atoms with Gasteiger partial charge >= 0.3 is 0 Å². The summed E-state index contributed by atoms with van der Waals surface area (Å²) in [5, 5.41) is 0. The molecule has 0 aromatic rings. The summed E-state index contributed by atoms with van der Waals surface area (Å²) in [6, 6.07) is 0.242. The molecule has 0 unspecified atom stereocenters. The van der Waals surface area contributed by atoms with Crippen LogP contribution in [0.2, 0.25) is 0 Å². The maximum absolute atomic E-state index is 12.1. The second-order valence-corrected chi connectivity index (χ2v) is 8.62. The third-order valence-electron chi connectivity index (χ3n) is 2.48. The van der Waals surface area contributed by atoms with Gasteiger partial charge in [0.2, 0.25) is 0 Å². The molecule has 0 radical (unpaired) electrons. The fourth-order valence-electron chi connectivity index (χ4n) is 1.26. The number of alkyl halides is 1. The van der Waals surface area contributed by atoms with Crippen LogP contribution in [0.15, 0.2) is 0 Å². The summed E-state index contributed by atoms with van der Waals surface area (Å²) in [6.07, 6.45) is 1.92. The molecule has 0 spiro atoms. The molecule has 2 nitrogen and oxygen atoms in total. The molecule has 0 saturated carbocycles. The van der Waals surface area contributed by atoms with Gasteiger partial charge in [0.1, 0.15) is 0 Å². The molecule has 98 valence electrons. The van der Waals surface area contributed by atoms with E-state index in [0.717, 1.165) is 12.8 Å². The van der Waals surface area contributed by atoms with Gasteiger partial charge in [0.15, 0.2) is 0 Å². The van der Waals surface area contributed by atoms with Crippen LogP contribution in [0.1, 0.15) is 54.4 Å². The summed E-state index contributed by atoms with van der Waals surface area (Å²) in [7, 11) is -1.01. The van der Waals surface area contributed by atoms with Crippen LogP contribution in [0.5, 0.6) is 0 Å². The largest absolute Gasteiger partial charge is 0.242 e. The van der Waals surface area contributed by atoms with Crippen molar-refractivity contribution in [3.8, 4) is 0 Å². The minimum absolute atomic E-state index is 0.104. The van der Waals surface area contributed by atoms with E-state index in [-0.39, 0.29) is 16.2 Å². The van der Waals surface area contributed by atoms with Crippen LogP contribution >= 0.6 is 11.6 Å². The molecule has 0 aromatic heterocycles. The van der Waals surface area contributed by atoms with E-state index >= 15 is 0 Å². The highest BCUT2D eigenvalue weighted by molar-refractivity contribution is 7.84. The van der Waals surface area contributed by atoms with Gasteiger partial charge in [-0.05, 0) is 39.0 Å². The van der Waals surface area contributed by atoms with E-state index in [1.807, 2.05) is 20.8 Å². The monoisotopic (exact) mass is 267 g/mol. The predicted octanol–water partition coefficient (Wildman–Crippen LogP) is 3.47. The Bertz CT molecular complexity index is 230. The topological polar surface area (TPSA) is 29.1 Å². The van der Waals surface area contributed by atoms with Crippen molar-refractivity contribution < 1.29 is 4.21 Å². The Morgan fingerprint density at radius 1 is 1.19 bits per heavy atom. The number of rotatable bonds is 5. The van der Waals surface area contributed by atoms with E-state index in [4.69, 9.17) is 11.6 Å². The zero-order chi connectivity index (χ0) is 13.0. The first-order valence-corrected chi connectivity index (χ1v) is 7.51. The third kappa shape index (κ3) is 6.21. The first-order valence-electron chi connectivity index (χ1n) is 5.83. The van der Waals surface area contributed by atoms with Crippen molar-refractivity contribution >= 4 is 22.6 Å². The van der Waals surface area contributed by atoms with Gasteiger partial charge in [-0.25, -0.2) is 8.93 Å². The first kappa shape index (κ1) is 16.4. The van der Waals surface area contributed by atoms with Crippen molar-refractivity contribution in [3.63, 3.8) is 0 Å². The maximum Gasteiger partial charge on any atom is 0.0972 e. The van der Waals surface area contributed by atoms with Crippen LogP contribution in [0, 0.1) is 5.41 Å². The van der Waals surface area contributed by atoms with Crippen molar-refractivity contribution in [2.45, 2.75) is 65.2 Å². The van der Waals surface area contributed by atoms with Crippen LogP contribution in [0.4, 0.5) is 0 Å². The van der Waals surface area contributed by atoms with E-state index in [1.54, 1.807) is 0 Å². The van der Waals surface area contributed by atoms with Gasteiger partial charge < -0.3 is 0 Å². The van der Waals surface area contributed by atoms with Crippen molar-refractivity contribution in [1.82, 2.24) is 4.72 Å². The molecule has 2 atom stereocenters. The van der Waals surface area contributed by atoms with Gasteiger partial charge in [-0.3, -0.25) is 0 Å². The van der Waals surface area contributed by atoms with Crippen LogP contribution < -0.4 is 4.72 Å². The lowest BCUT2D eigenvalue weighted by molar-refractivity contribution is 0.285. The fraction of sp³-hybridized carbons (Fsp3) is 1.00. The van der Waals surface area contributed by atoms with Crippen molar-refractivity contribution in [2.24, 2.45) is 5.41 Å². The minimum atomic E-state index is -1.01. The zero-order valence-corrected chi connectivity index (χ0v) is 13.0. The van der Waals surface area contributed by atoms with E-state index in [9.17, 15) is 4.21 Å². The Balaban J connectivity index is 4.50. The summed E-state index contributed by atoms with van der Waals surface area (Å²) < 4.78 is 15.1. The quantitative estimate of drug-likeness (QED) is 0.760. The minimum Gasteiger partial charge on any atom is -0.242 e. The third-order valence-corrected chi connectivity index (χ3v) is 4.36. The normalized spacial score (nSPS) is 17.2. The lowest BCUT2D eigenvalue weighted by Gasteiger charge is -2.33. The average molecular weight is 268 g/mol. The Kier molecular flexibility index (Phi) is 6.52. The van der Waals surface area contributed by atoms with Crippen molar-refractivity contribution in [3.05, 3.63) is 0 Å².